The summed E-state index contributed by atoms with van der Waals surface area (Å²) in [6, 6.07) is 3.92. The van der Waals surface area contributed by atoms with E-state index in [1.807, 2.05) is 0 Å². The molecule has 1 saturated carbocycles. The van der Waals surface area contributed by atoms with Gasteiger partial charge in [0.15, 0.2) is 0 Å². The first-order valence-corrected chi connectivity index (χ1v) is 5.47. The van der Waals surface area contributed by atoms with Crippen LogP contribution < -0.4 is 5.32 Å². The SMILES string of the molecule is O=C(NC1CCC1)c1ccc(Br)nc1. The van der Waals surface area contributed by atoms with Crippen LogP contribution in [0.3, 0.4) is 0 Å². The molecule has 0 bridgehead atoms. The van der Waals surface area contributed by atoms with Crippen molar-refractivity contribution in [3.63, 3.8) is 0 Å². The average Bonchev–Trinajstić information content (AvgIpc) is 2.12. The van der Waals surface area contributed by atoms with E-state index in [2.05, 4.69) is 26.2 Å². The van der Waals surface area contributed by atoms with E-state index in [4.69, 9.17) is 0 Å². The van der Waals surface area contributed by atoms with Crippen molar-refractivity contribution in [1.82, 2.24) is 10.3 Å². The van der Waals surface area contributed by atoms with E-state index in [-0.39, 0.29) is 5.91 Å². The van der Waals surface area contributed by atoms with Gasteiger partial charge in [0.2, 0.25) is 0 Å². The topological polar surface area (TPSA) is 42.0 Å². The van der Waals surface area contributed by atoms with Crippen molar-refractivity contribution in [2.75, 3.05) is 0 Å². The summed E-state index contributed by atoms with van der Waals surface area (Å²) in [7, 11) is 0. The summed E-state index contributed by atoms with van der Waals surface area (Å²) < 4.78 is 0.748. The lowest BCUT2D eigenvalue weighted by Gasteiger charge is -2.26. The van der Waals surface area contributed by atoms with E-state index in [0.29, 0.717) is 11.6 Å². The van der Waals surface area contributed by atoms with Crippen LogP contribution in [0, 0.1) is 0 Å². The van der Waals surface area contributed by atoms with E-state index >= 15 is 0 Å². The van der Waals surface area contributed by atoms with Crippen molar-refractivity contribution in [3.8, 4) is 0 Å². The zero-order chi connectivity index (χ0) is 9.97. The summed E-state index contributed by atoms with van der Waals surface area (Å²) in [5.41, 5.74) is 0.625. The number of hydrogen-bond acceptors (Lipinski definition) is 2. The molecule has 14 heavy (non-hydrogen) atoms. The smallest absolute Gasteiger partial charge is 0.253 e. The highest BCUT2D eigenvalue weighted by atomic mass is 79.9. The predicted octanol–water partition coefficient (Wildman–Crippen LogP) is 2.13. The van der Waals surface area contributed by atoms with Gasteiger partial charge < -0.3 is 5.32 Å². The molecule has 1 N–H and O–H groups in total. The van der Waals surface area contributed by atoms with E-state index in [1.54, 1.807) is 18.3 Å². The molecule has 1 heterocycles. The van der Waals surface area contributed by atoms with E-state index < -0.39 is 0 Å². The molecule has 1 aromatic heterocycles. The quantitative estimate of drug-likeness (QED) is 0.822. The fraction of sp³-hybridized carbons (Fsp3) is 0.400. The van der Waals surface area contributed by atoms with Gasteiger partial charge in [-0.1, -0.05) is 0 Å². The van der Waals surface area contributed by atoms with Gasteiger partial charge in [-0.15, -0.1) is 0 Å². The van der Waals surface area contributed by atoms with Crippen LogP contribution in [0.2, 0.25) is 0 Å². The van der Waals surface area contributed by atoms with Crippen LogP contribution >= 0.6 is 15.9 Å². The number of rotatable bonds is 2. The summed E-state index contributed by atoms with van der Waals surface area (Å²) in [6.45, 7) is 0. The minimum Gasteiger partial charge on any atom is -0.349 e. The summed E-state index contributed by atoms with van der Waals surface area (Å²) in [5.74, 6) is -0.0188. The normalized spacial score (nSPS) is 16.1. The second-order valence-electron chi connectivity index (χ2n) is 3.47. The Kier molecular flexibility index (Phi) is 2.82. The van der Waals surface area contributed by atoms with Gasteiger partial charge in [-0.25, -0.2) is 4.98 Å². The molecule has 1 aromatic rings. The molecule has 1 aliphatic rings. The Hall–Kier alpha value is -0.900. The molecule has 0 spiro atoms. The van der Waals surface area contributed by atoms with Crippen molar-refractivity contribution in [1.29, 1.82) is 0 Å². The fourth-order valence-electron chi connectivity index (χ4n) is 1.33. The number of hydrogen-bond donors (Lipinski definition) is 1. The number of halogens is 1. The Morgan fingerprint density at radius 1 is 1.50 bits per heavy atom. The van der Waals surface area contributed by atoms with E-state index in [1.165, 1.54) is 6.42 Å². The maximum Gasteiger partial charge on any atom is 0.253 e. The molecule has 4 heteroatoms. The van der Waals surface area contributed by atoms with Crippen molar-refractivity contribution in [3.05, 3.63) is 28.5 Å². The van der Waals surface area contributed by atoms with Crippen LogP contribution in [0.5, 0.6) is 0 Å². The molecule has 1 aliphatic carbocycles. The number of carbonyl (C=O) groups excluding carboxylic acids is 1. The lowest BCUT2D eigenvalue weighted by molar-refractivity contribution is 0.0916. The molecule has 2 rings (SSSR count). The van der Waals surface area contributed by atoms with Crippen molar-refractivity contribution >= 4 is 21.8 Å². The molecule has 0 atom stereocenters. The molecule has 0 saturated heterocycles. The first-order valence-electron chi connectivity index (χ1n) is 4.68. The predicted molar refractivity (Wildman–Crippen MR) is 57.0 cm³/mol. The third-order valence-electron chi connectivity index (χ3n) is 2.43. The molecule has 0 aromatic carbocycles. The lowest BCUT2D eigenvalue weighted by Crippen LogP contribution is -2.39. The van der Waals surface area contributed by atoms with Gasteiger partial charge >= 0.3 is 0 Å². The number of amides is 1. The number of aromatic nitrogens is 1. The van der Waals surface area contributed by atoms with Gasteiger partial charge in [0, 0.05) is 12.2 Å². The monoisotopic (exact) mass is 254 g/mol. The minimum atomic E-state index is -0.0188. The second kappa shape index (κ2) is 4.09. The Labute approximate surface area is 91.0 Å². The molecule has 0 aliphatic heterocycles. The van der Waals surface area contributed by atoms with E-state index in [0.717, 1.165) is 17.4 Å². The number of carbonyl (C=O) groups is 1. The van der Waals surface area contributed by atoms with Crippen LogP contribution in [0.25, 0.3) is 0 Å². The minimum absolute atomic E-state index is 0.0188. The molecule has 1 amide bonds. The first kappa shape index (κ1) is 9.65. The molecule has 74 valence electrons. The molecular formula is C10H11BrN2O. The fourth-order valence-corrected chi connectivity index (χ4v) is 1.57. The number of nitrogens with zero attached hydrogens (tertiary/aromatic N) is 1. The summed E-state index contributed by atoms with van der Waals surface area (Å²) >= 11 is 3.23. The Morgan fingerprint density at radius 3 is 2.79 bits per heavy atom. The Morgan fingerprint density at radius 2 is 2.29 bits per heavy atom. The van der Waals surface area contributed by atoms with Crippen LogP contribution in [-0.2, 0) is 0 Å². The summed E-state index contributed by atoms with van der Waals surface area (Å²) in [5, 5.41) is 2.96. The van der Waals surface area contributed by atoms with E-state index in [9.17, 15) is 4.79 Å². The zero-order valence-electron chi connectivity index (χ0n) is 7.66. The lowest BCUT2D eigenvalue weighted by atomic mass is 9.93. The standard InChI is InChI=1S/C10H11BrN2O/c11-9-5-4-7(6-12-9)10(14)13-8-2-1-3-8/h4-6,8H,1-3H2,(H,13,14). The van der Waals surface area contributed by atoms with Crippen molar-refractivity contribution in [2.45, 2.75) is 25.3 Å². The van der Waals surface area contributed by atoms with Gasteiger partial charge in [-0.2, -0.15) is 0 Å². The van der Waals surface area contributed by atoms with Gasteiger partial charge in [-0.3, -0.25) is 4.79 Å². The molecule has 0 unspecified atom stereocenters. The Balaban J connectivity index is 1.99. The largest absolute Gasteiger partial charge is 0.349 e. The van der Waals surface area contributed by atoms with Gasteiger partial charge in [0.1, 0.15) is 4.60 Å². The zero-order valence-corrected chi connectivity index (χ0v) is 9.25. The van der Waals surface area contributed by atoms with Crippen molar-refractivity contribution < 1.29 is 4.79 Å². The molecular weight excluding hydrogens is 244 g/mol. The van der Waals surface area contributed by atoms with Gasteiger partial charge in [0.05, 0.1) is 5.56 Å². The first-order chi connectivity index (χ1) is 6.75. The maximum atomic E-state index is 11.6. The summed E-state index contributed by atoms with van der Waals surface area (Å²) in [6.07, 6.45) is 5.02. The third kappa shape index (κ3) is 2.12. The highest BCUT2D eigenvalue weighted by Gasteiger charge is 2.19. The summed E-state index contributed by atoms with van der Waals surface area (Å²) in [4.78, 5) is 15.6. The van der Waals surface area contributed by atoms with Crippen LogP contribution in [0.1, 0.15) is 29.6 Å². The third-order valence-corrected chi connectivity index (χ3v) is 2.90. The highest BCUT2D eigenvalue weighted by molar-refractivity contribution is 9.10. The second-order valence-corrected chi connectivity index (χ2v) is 4.28. The van der Waals surface area contributed by atoms with Crippen LogP contribution in [-0.4, -0.2) is 16.9 Å². The Bertz CT molecular complexity index is 332. The number of pyridine rings is 1. The van der Waals surface area contributed by atoms with Crippen LogP contribution in [0.4, 0.5) is 0 Å². The van der Waals surface area contributed by atoms with Gasteiger partial charge in [-0.05, 0) is 47.3 Å². The average molecular weight is 255 g/mol. The van der Waals surface area contributed by atoms with Crippen LogP contribution in [0.15, 0.2) is 22.9 Å². The van der Waals surface area contributed by atoms with Gasteiger partial charge in [0.25, 0.3) is 5.91 Å². The number of nitrogens with one attached hydrogen (secondary N) is 1. The molecule has 0 radical (unpaired) electrons. The maximum absolute atomic E-state index is 11.6. The van der Waals surface area contributed by atoms with Crippen molar-refractivity contribution in [2.24, 2.45) is 0 Å². The highest BCUT2D eigenvalue weighted by Crippen LogP contribution is 2.18. The molecule has 3 nitrogen and oxygen atoms in total. The molecule has 1 fully saturated rings.